The summed E-state index contributed by atoms with van der Waals surface area (Å²) in [5.74, 6) is 0.282. The van der Waals surface area contributed by atoms with E-state index in [0.717, 1.165) is 17.5 Å². The lowest BCUT2D eigenvalue weighted by Gasteiger charge is -2.39. The molecule has 3 aromatic rings. The average molecular weight is 660 g/mol. The third-order valence-corrected chi connectivity index (χ3v) is 9.67. The Morgan fingerprint density at radius 1 is 1.00 bits per heavy atom. The smallest absolute Gasteiger partial charge is 0.407 e. The summed E-state index contributed by atoms with van der Waals surface area (Å²) in [7, 11) is 0. The van der Waals surface area contributed by atoms with E-state index in [2.05, 4.69) is 5.32 Å². The molecule has 1 saturated carbocycles. The van der Waals surface area contributed by atoms with Crippen molar-refractivity contribution in [2.75, 3.05) is 13.1 Å². The largest absolute Gasteiger partial charge is 0.444 e. The van der Waals surface area contributed by atoms with Gasteiger partial charge in [-0.25, -0.2) is 9.18 Å². The van der Waals surface area contributed by atoms with Crippen molar-refractivity contribution in [1.29, 1.82) is 0 Å². The molecule has 2 heterocycles. The summed E-state index contributed by atoms with van der Waals surface area (Å²) < 4.78 is 22.0. The van der Waals surface area contributed by atoms with Crippen LogP contribution in [0.3, 0.4) is 0 Å². The number of amides is 2. The first kappa shape index (κ1) is 35.3. The minimum atomic E-state index is -1.18. The number of benzene rings is 2. The first-order valence-electron chi connectivity index (χ1n) is 17.4. The van der Waals surface area contributed by atoms with Gasteiger partial charge in [-0.05, 0) is 74.8 Å². The van der Waals surface area contributed by atoms with Crippen molar-refractivity contribution in [2.24, 2.45) is 11.8 Å². The predicted octanol–water partition coefficient (Wildman–Crippen LogP) is 7.31. The molecule has 2 amide bonds. The molecule has 5 rings (SSSR count). The molecular formula is C39H50FN3O5. The molecule has 2 fully saturated rings. The summed E-state index contributed by atoms with van der Waals surface area (Å²) in [5.41, 5.74) is 0.710. The van der Waals surface area contributed by atoms with Crippen molar-refractivity contribution in [1.82, 2.24) is 14.8 Å². The van der Waals surface area contributed by atoms with Crippen LogP contribution in [0.2, 0.25) is 0 Å². The number of halogens is 1. The predicted molar refractivity (Wildman–Crippen MR) is 186 cm³/mol. The molecule has 1 atom stereocenters. The van der Waals surface area contributed by atoms with Gasteiger partial charge in [-0.15, -0.1) is 0 Å². The number of aliphatic hydroxyl groups is 1. The number of nitrogens with one attached hydrogen (secondary N) is 1. The zero-order valence-corrected chi connectivity index (χ0v) is 28.8. The Morgan fingerprint density at radius 2 is 1.71 bits per heavy atom. The fraction of sp³-hybridized carbons (Fsp3) is 0.513. The lowest BCUT2D eigenvalue weighted by Crippen LogP contribution is -2.50. The van der Waals surface area contributed by atoms with Crippen LogP contribution < -0.4 is 10.9 Å². The number of aromatic nitrogens is 1. The van der Waals surface area contributed by atoms with Crippen LogP contribution >= 0.6 is 0 Å². The summed E-state index contributed by atoms with van der Waals surface area (Å²) in [4.78, 5) is 41.0. The molecule has 1 saturated heterocycles. The van der Waals surface area contributed by atoms with Gasteiger partial charge < -0.3 is 24.6 Å². The maximum absolute atomic E-state index is 15.1. The third kappa shape index (κ3) is 9.13. The molecule has 9 heteroatoms. The number of hydrogen-bond donors (Lipinski definition) is 2. The highest BCUT2D eigenvalue weighted by atomic mass is 19.1. The molecule has 1 aliphatic heterocycles. The Morgan fingerprint density at radius 3 is 2.40 bits per heavy atom. The molecule has 0 unspecified atom stereocenters. The average Bonchev–Trinajstić information content (AvgIpc) is 3.05. The molecule has 1 aliphatic carbocycles. The maximum Gasteiger partial charge on any atom is 0.407 e. The van der Waals surface area contributed by atoms with Gasteiger partial charge in [0.15, 0.2) is 0 Å². The minimum absolute atomic E-state index is 0.0366. The molecule has 8 nitrogen and oxygen atoms in total. The van der Waals surface area contributed by atoms with Crippen molar-refractivity contribution >= 4 is 12.0 Å². The topological polar surface area (TPSA) is 101 Å². The number of rotatable bonds is 9. The number of nitrogens with zero attached hydrogens (tertiary/aromatic N) is 2. The first-order valence-corrected chi connectivity index (χ1v) is 17.4. The maximum atomic E-state index is 15.1. The van der Waals surface area contributed by atoms with Crippen molar-refractivity contribution in [3.05, 3.63) is 82.5 Å². The van der Waals surface area contributed by atoms with Crippen LogP contribution in [0.4, 0.5) is 9.18 Å². The monoisotopic (exact) mass is 659 g/mol. The second-order valence-corrected chi connectivity index (χ2v) is 14.8. The fourth-order valence-electron chi connectivity index (χ4n) is 7.12. The van der Waals surface area contributed by atoms with Gasteiger partial charge in [0.1, 0.15) is 11.4 Å². The number of carbonyl (C=O) groups excluding carboxylic acids is 2. The summed E-state index contributed by atoms with van der Waals surface area (Å²) in [6, 6.07) is 15.2. The highest BCUT2D eigenvalue weighted by Gasteiger charge is 2.36. The zero-order valence-electron chi connectivity index (χ0n) is 28.8. The Kier molecular flexibility index (Phi) is 11.1. The van der Waals surface area contributed by atoms with Crippen LogP contribution in [0.15, 0.2) is 65.6 Å². The Hall–Kier alpha value is -3.98. The van der Waals surface area contributed by atoms with E-state index in [1.807, 2.05) is 36.1 Å². The molecule has 0 spiro atoms. The number of likely N-dealkylation sites (tertiary alicyclic amines) is 1. The van der Waals surface area contributed by atoms with E-state index in [1.165, 1.54) is 48.8 Å². The number of piperidine rings is 1. The second kappa shape index (κ2) is 15.1. The highest BCUT2D eigenvalue weighted by Crippen LogP contribution is 2.35. The van der Waals surface area contributed by atoms with Gasteiger partial charge in [0.05, 0.1) is 12.1 Å². The molecule has 1 aromatic heterocycles. The van der Waals surface area contributed by atoms with E-state index in [9.17, 15) is 19.5 Å². The van der Waals surface area contributed by atoms with Crippen LogP contribution in [-0.4, -0.2) is 50.9 Å². The van der Waals surface area contributed by atoms with Gasteiger partial charge in [-0.3, -0.25) is 9.59 Å². The molecule has 2 aliphatic rings. The SMILES string of the molecule is C[C@H](CC1CCCCC1)C(=O)N1CCC(O)(Cn2cc(-c3cccc(CNC(=O)OC(C)(C)C)c3)c(-c3ccccc3F)cc2=O)CC1. The summed E-state index contributed by atoms with van der Waals surface area (Å²) in [6.45, 7) is 8.55. The molecule has 2 N–H and O–H groups in total. The summed E-state index contributed by atoms with van der Waals surface area (Å²) >= 11 is 0. The summed E-state index contributed by atoms with van der Waals surface area (Å²) in [5, 5.41) is 14.4. The lowest BCUT2D eigenvalue weighted by molar-refractivity contribution is -0.140. The molecule has 2 aromatic carbocycles. The second-order valence-electron chi connectivity index (χ2n) is 14.8. The van der Waals surface area contributed by atoms with E-state index in [4.69, 9.17) is 4.74 Å². The number of pyridine rings is 1. The number of hydrogen-bond acceptors (Lipinski definition) is 5. The van der Waals surface area contributed by atoms with Crippen LogP contribution in [0.1, 0.15) is 84.6 Å². The first-order chi connectivity index (χ1) is 22.8. The van der Waals surface area contributed by atoms with E-state index in [-0.39, 0.29) is 30.5 Å². The lowest BCUT2D eigenvalue weighted by atomic mass is 9.82. The van der Waals surface area contributed by atoms with Crippen molar-refractivity contribution < 1.29 is 23.8 Å². The Bertz CT molecular complexity index is 1650. The summed E-state index contributed by atoms with van der Waals surface area (Å²) in [6.07, 6.45) is 9.00. The normalized spacial score (nSPS) is 17.5. The van der Waals surface area contributed by atoms with Gasteiger partial charge in [-0.2, -0.15) is 0 Å². The van der Waals surface area contributed by atoms with E-state index in [1.54, 1.807) is 45.2 Å². The number of alkyl carbamates (subject to hydrolysis) is 1. The van der Waals surface area contributed by atoms with Crippen molar-refractivity contribution in [3.63, 3.8) is 0 Å². The van der Waals surface area contributed by atoms with Crippen molar-refractivity contribution in [3.8, 4) is 22.3 Å². The standard InChI is InChI=1S/C39H50FN3O5/c1-27(21-28-11-6-5-7-12-28)36(45)42-19-17-39(47,18-20-42)26-43-25-33(32(23-35(43)44)31-15-8-9-16-34(31)40)30-14-10-13-29(22-30)24-41-37(46)48-38(2,3)4/h8-10,13-16,22-23,25,27-28,47H,5-7,11-12,17-21,24,26H2,1-4H3,(H,41,46)/t27-/m1/s1. The Labute approximate surface area is 283 Å². The minimum Gasteiger partial charge on any atom is -0.444 e. The van der Waals surface area contributed by atoms with Crippen LogP contribution in [0.25, 0.3) is 22.3 Å². The third-order valence-electron chi connectivity index (χ3n) is 9.67. The van der Waals surface area contributed by atoms with Crippen LogP contribution in [0.5, 0.6) is 0 Å². The highest BCUT2D eigenvalue weighted by molar-refractivity contribution is 5.83. The number of ether oxygens (including phenoxy) is 1. The molecule has 0 radical (unpaired) electrons. The Balaban J connectivity index is 1.35. The fourth-order valence-corrected chi connectivity index (χ4v) is 7.12. The van der Waals surface area contributed by atoms with Crippen molar-refractivity contribution in [2.45, 2.75) is 103 Å². The van der Waals surface area contributed by atoms with E-state index < -0.39 is 23.1 Å². The molecule has 0 bridgehead atoms. The van der Waals surface area contributed by atoms with Gasteiger partial charge in [0.25, 0.3) is 5.56 Å². The van der Waals surface area contributed by atoms with Gasteiger partial charge in [-0.1, -0.05) is 75.4 Å². The van der Waals surface area contributed by atoms with Gasteiger partial charge >= 0.3 is 6.09 Å². The molecular weight excluding hydrogens is 609 g/mol. The molecule has 48 heavy (non-hydrogen) atoms. The molecule has 258 valence electrons. The quantitative estimate of drug-likeness (QED) is 0.251. The van der Waals surface area contributed by atoms with Gasteiger partial charge in [0.2, 0.25) is 5.91 Å². The zero-order chi connectivity index (χ0) is 34.5. The van der Waals surface area contributed by atoms with Gasteiger partial charge in [0, 0.05) is 48.9 Å². The van der Waals surface area contributed by atoms with Crippen LogP contribution in [-0.2, 0) is 22.6 Å². The van der Waals surface area contributed by atoms with E-state index in [0.29, 0.717) is 48.5 Å². The van der Waals surface area contributed by atoms with Crippen LogP contribution in [0, 0.1) is 17.7 Å². The van der Waals surface area contributed by atoms with E-state index >= 15 is 4.39 Å². The number of carbonyl (C=O) groups is 2.